The molecule has 4 aromatic rings. The fourth-order valence-corrected chi connectivity index (χ4v) is 3.42. The summed E-state index contributed by atoms with van der Waals surface area (Å²) in [4.78, 5) is 9.78. The number of ether oxygens (including phenoxy) is 1. The van der Waals surface area contributed by atoms with Crippen LogP contribution in [0.2, 0.25) is 0 Å². The van der Waals surface area contributed by atoms with Gasteiger partial charge in [-0.3, -0.25) is 4.90 Å². The first-order valence-electron chi connectivity index (χ1n) is 9.70. The molecule has 0 spiro atoms. The zero-order valence-corrected chi connectivity index (χ0v) is 17.3. The number of methoxy groups -OCH3 is 1. The van der Waals surface area contributed by atoms with Crippen molar-refractivity contribution in [3.8, 4) is 22.7 Å². The van der Waals surface area contributed by atoms with Crippen LogP contribution < -0.4 is 4.74 Å². The first-order chi connectivity index (χ1) is 14.5. The van der Waals surface area contributed by atoms with Crippen molar-refractivity contribution >= 4 is 0 Å². The van der Waals surface area contributed by atoms with Gasteiger partial charge in [0.1, 0.15) is 17.4 Å². The first-order valence-corrected chi connectivity index (χ1v) is 9.70. The Kier molecular flexibility index (Phi) is 5.63. The summed E-state index contributed by atoms with van der Waals surface area (Å²) >= 11 is 0. The highest BCUT2D eigenvalue weighted by Crippen LogP contribution is 2.26. The maximum Gasteiger partial charge on any atom is 0.123 e. The molecule has 0 bridgehead atoms. The van der Waals surface area contributed by atoms with Crippen LogP contribution in [0.25, 0.3) is 16.9 Å². The Balaban J connectivity index is 1.66. The molecule has 0 aliphatic carbocycles. The van der Waals surface area contributed by atoms with Gasteiger partial charge in [-0.2, -0.15) is 5.10 Å². The first kappa shape index (κ1) is 19.8. The number of aryl methyl sites for hydroxylation is 1. The van der Waals surface area contributed by atoms with E-state index in [4.69, 9.17) is 9.84 Å². The van der Waals surface area contributed by atoms with Crippen molar-refractivity contribution in [1.82, 2.24) is 24.6 Å². The van der Waals surface area contributed by atoms with Gasteiger partial charge in [0.25, 0.3) is 0 Å². The fourth-order valence-electron chi connectivity index (χ4n) is 3.42. The molecule has 154 valence electrons. The summed E-state index contributed by atoms with van der Waals surface area (Å²) in [6.45, 7) is 3.29. The summed E-state index contributed by atoms with van der Waals surface area (Å²) in [5, 5.41) is 4.77. The maximum absolute atomic E-state index is 13.9. The van der Waals surface area contributed by atoms with Crippen LogP contribution in [0.4, 0.5) is 4.39 Å². The number of hydrogen-bond acceptors (Lipinski definition) is 4. The Morgan fingerprint density at radius 2 is 1.93 bits per heavy atom. The van der Waals surface area contributed by atoms with E-state index in [9.17, 15) is 4.39 Å². The van der Waals surface area contributed by atoms with Gasteiger partial charge in [0.05, 0.1) is 25.0 Å². The number of halogens is 1. The fraction of sp³-hybridized carbons (Fsp3) is 0.217. The van der Waals surface area contributed by atoms with E-state index < -0.39 is 0 Å². The van der Waals surface area contributed by atoms with Gasteiger partial charge in [-0.1, -0.05) is 12.1 Å². The van der Waals surface area contributed by atoms with Crippen molar-refractivity contribution in [2.24, 2.45) is 0 Å². The lowest BCUT2D eigenvalue weighted by Gasteiger charge is -2.15. The van der Waals surface area contributed by atoms with E-state index in [-0.39, 0.29) is 5.82 Å². The largest absolute Gasteiger partial charge is 0.497 e. The highest BCUT2D eigenvalue weighted by molar-refractivity contribution is 5.63. The summed E-state index contributed by atoms with van der Waals surface area (Å²) in [6.07, 6.45) is 3.81. The molecule has 2 aromatic heterocycles. The summed E-state index contributed by atoms with van der Waals surface area (Å²) in [6, 6.07) is 14.2. The third kappa shape index (κ3) is 4.41. The second-order valence-corrected chi connectivity index (χ2v) is 7.34. The van der Waals surface area contributed by atoms with E-state index in [2.05, 4.69) is 14.9 Å². The predicted octanol–water partition coefficient (Wildman–Crippen LogP) is 4.35. The van der Waals surface area contributed by atoms with Gasteiger partial charge in [-0.25, -0.2) is 14.1 Å². The standard InChI is InChI=1S/C23H24FN5O/c1-16-12-25-22(26-16)15-28(2)13-18-14-29(20-7-9-21(30-3)10-8-20)27-23(18)17-5-4-6-19(24)11-17/h4-12,14H,13,15H2,1-3H3,(H,25,26). The molecular formula is C23H24FN5O. The van der Waals surface area contributed by atoms with Crippen LogP contribution in [-0.2, 0) is 13.1 Å². The third-order valence-corrected chi connectivity index (χ3v) is 4.84. The van der Waals surface area contributed by atoms with E-state index in [0.717, 1.165) is 39.8 Å². The molecule has 4 rings (SSSR count). The molecule has 0 atom stereocenters. The number of imidazole rings is 1. The Morgan fingerprint density at radius 3 is 2.60 bits per heavy atom. The Hall–Kier alpha value is -3.45. The summed E-state index contributed by atoms with van der Waals surface area (Å²) in [5.41, 5.74) is 4.45. The van der Waals surface area contributed by atoms with Crippen molar-refractivity contribution in [2.75, 3.05) is 14.2 Å². The van der Waals surface area contributed by atoms with Gasteiger partial charge in [-0.15, -0.1) is 0 Å². The Labute approximate surface area is 175 Å². The van der Waals surface area contributed by atoms with E-state index in [1.54, 1.807) is 13.2 Å². The average molecular weight is 405 g/mol. The molecule has 1 N–H and O–H groups in total. The van der Waals surface area contributed by atoms with Crippen LogP contribution in [0.1, 0.15) is 17.1 Å². The molecule has 0 amide bonds. The number of aromatic amines is 1. The third-order valence-electron chi connectivity index (χ3n) is 4.84. The van der Waals surface area contributed by atoms with Crippen LogP contribution in [0.5, 0.6) is 5.75 Å². The van der Waals surface area contributed by atoms with Gasteiger partial charge >= 0.3 is 0 Å². The molecule has 0 aliphatic heterocycles. The van der Waals surface area contributed by atoms with Crippen molar-refractivity contribution in [2.45, 2.75) is 20.0 Å². The second-order valence-electron chi connectivity index (χ2n) is 7.34. The molecule has 6 nitrogen and oxygen atoms in total. The topological polar surface area (TPSA) is 59.0 Å². The van der Waals surface area contributed by atoms with E-state index in [1.807, 2.05) is 61.4 Å². The maximum atomic E-state index is 13.9. The number of aromatic nitrogens is 4. The lowest BCUT2D eigenvalue weighted by Crippen LogP contribution is -2.18. The van der Waals surface area contributed by atoms with Crippen molar-refractivity contribution in [1.29, 1.82) is 0 Å². The van der Waals surface area contributed by atoms with Gasteiger partial charge in [0.2, 0.25) is 0 Å². The van der Waals surface area contributed by atoms with E-state index >= 15 is 0 Å². The smallest absolute Gasteiger partial charge is 0.123 e. The molecular weight excluding hydrogens is 381 g/mol. The number of rotatable bonds is 7. The molecule has 0 aliphatic rings. The number of nitrogens with zero attached hydrogens (tertiary/aromatic N) is 4. The van der Waals surface area contributed by atoms with Gasteiger partial charge < -0.3 is 9.72 Å². The quantitative estimate of drug-likeness (QED) is 0.497. The number of H-pyrrole nitrogens is 1. The van der Waals surface area contributed by atoms with E-state index in [0.29, 0.717) is 13.1 Å². The monoisotopic (exact) mass is 405 g/mol. The molecule has 0 radical (unpaired) electrons. The summed E-state index contributed by atoms with van der Waals surface area (Å²) in [5.74, 6) is 1.41. The van der Waals surface area contributed by atoms with Crippen LogP contribution in [0, 0.1) is 12.7 Å². The normalized spacial score (nSPS) is 11.2. The molecule has 0 fully saturated rings. The highest BCUT2D eigenvalue weighted by atomic mass is 19.1. The van der Waals surface area contributed by atoms with Crippen molar-refractivity contribution in [3.05, 3.63) is 83.8 Å². The highest BCUT2D eigenvalue weighted by Gasteiger charge is 2.15. The van der Waals surface area contributed by atoms with Crippen molar-refractivity contribution in [3.63, 3.8) is 0 Å². The van der Waals surface area contributed by atoms with Crippen LogP contribution in [0.15, 0.2) is 60.9 Å². The summed E-state index contributed by atoms with van der Waals surface area (Å²) in [7, 11) is 3.66. The summed E-state index contributed by atoms with van der Waals surface area (Å²) < 4.78 is 20.9. The Morgan fingerprint density at radius 1 is 1.13 bits per heavy atom. The minimum Gasteiger partial charge on any atom is -0.497 e. The molecule has 2 heterocycles. The number of benzene rings is 2. The SMILES string of the molecule is COc1ccc(-n2cc(CN(C)Cc3ncc(C)[nH]3)c(-c3cccc(F)c3)n2)cc1. The predicted molar refractivity (Wildman–Crippen MR) is 114 cm³/mol. The zero-order chi connectivity index (χ0) is 21.1. The minimum absolute atomic E-state index is 0.281. The van der Waals surface area contributed by atoms with Gasteiger partial charge in [0.15, 0.2) is 0 Å². The molecule has 2 aromatic carbocycles. The minimum atomic E-state index is -0.281. The van der Waals surface area contributed by atoms with Crippen LogP contribution in [0.3, 0.4) is 0 Å². The van der Waals surface area contributed by atoms with Gasteiger partial charge in [-0.05, 0) is 50.4 Å². The average Bonchev–Trinajstić information content (AvgIpc) is 3.34. The number of nitrogens with one attached hydrogen (secondary N) is 1. The molecule has 0 unspecified atom stereocenters. The number of hydrogen-bond donors (Lipinski definition) is 1. The van der Waals surface area contributed by atoms with Gasteiger partial charge in [0, 0.05) is 35.8 Å². The van der Waals surface area contributed by atoms with E-state index in [1.165, 1.54) is 12.1 Å². The lowest BCUT2D eigenvalue weighted by atomic mass is 10.1. The van der Waals surface area contributed by atoms with Crippen LogP contribution in [-0.4, -0.2) is 38.8 Å². The van der Waals surface area contributed by atoms with Crippen molar-refractivity contribution < 1.29 is 9.13 Å². The molecule has 0 saturated heterocycles. The molecule has 0 saturated carbocycles. The lowest BCUT2D eigenvalue weighted by molar-refractivity contribution is 0.312. The molecule has 30 heavy (non-hydrogen) atoms. The zero-order valence-electron chi connectivity index (χ0n) is 17.3. The van der Waals surface area contributed by atoms with Crippen LogP contribution >= 0.6 is 0 Å². The Bertz CT molecular complexity index is 1130. The second kappa shape index (κ2) is 8.51. The molecule has 7 heteroatoms.